The van der Waals surface area contributed by atoms with Crippen molar-refractivity contribution in [2.24, 2.45) is 5.92 Å². The van der Waals surface area contributed by atoms with Gasteiger partial charge in [0.15, 0.2) is 6.10 Å². The summed E-state index contributed by atoms with van der Waals surface area (Å²) in [6.45, 7) is 3.38. The predicted octanol–water partition coefficient (Wildman–Crippen LogP) is -0.784. The van der Waals surface area contributed by atoms with Gasteiger partial charge in [-0.2, -0.15) is 0 Å². The van der Waals surface area contributed by atoms with Crippen LogP contribution in [0.25, 0.3) is 0 Å². The molecule has 0 spiro atoms. The first kappa shape index (κ1) is 10.4. The van der Waals surface area contributed by atoms with E-state index in [0.29, 0.717) is 0 Å². The Morgan fingerprint density at radius 2 is 1.77 bits per heavy atom. The molecule has 1 aliphatic heterocycles. The van der Waals surface area contributed by atoms with Crippen LogP contribution in [0.4, 0.5) is 0 Å². The number of carboxylic acid groups (broad SMARTS) is 1. The molecule has 0 radical (unpaired) electrons. The van der Waals surface area contributed by atoms with Crippen molar-refractivity contribution in [1.29, 1.82) is 0 Å². The van der Waals surface area contributed by atoms with Gasteiger partial charge in [-0.3, -0.25) is 0 Å². The highest BCUT2D eigenvalue weighted by molar-refractivity contribution is 5.73. The van der Waals surface area contributed by atoms with E-state index < -0.39 is 24.3 Å². The fourth-order valence-electron chi connectivity index (χ4n) is 1.41. The molecule has 5 nitrogen and oxygen atoms in total. The average Bonchev–Trinajstić information content (AvgIpc) is 2.07. The van der Waals surface area contributed by atoms with Gasteiger partial charge in [-0.25, -0.2) is 4.79 Å². The molecule has 13 heavy (non-hydrogen) atoms. The first-order valence-corrected chi connectivity index (χ1v) is 4.19. The van der Waals surface area contributed by atoms with Crippen molar-refractivity contribution in [3.8, 4) is 0 Å². The van der Waals surface area contributed by atoms with Gasteiger partial charge in [-0.1, -0.05) is 6.92 Å². The molecule has 1 rings (SSSR count). The third-order valence-corrected chi connectivity index (χ3v) is 2.54. The summed E-state index contributed by atoms with van der Waals surface area (Å²) in [7, 11) is 0. The third kappa shape index (κ3) is 1.82. The van der Waals surface area contributed by atoms with Gasteiger partial charge in [0.2, 0.25) is 0 Å². The van der Waals surface area contributed by atoms with Crippen molar-refractivity contribution >= 4 is 5.97 Å². The number of rotatable bonds is 1. The van der Waals surface area contributed by atoms with Gasteiger partial charge in [0, 0.05) is 5.92 Å². The van der Waals surface area contributed by atoms with Crippen LogP contribution in [0.15, 0.2) is 0 Å². The minimum Gasteiger partial charge on any atom is -0.479 e. The number of hydrogen-bond acceptors (Lipinski definition) is 4. The van der Waals surface area contributed by atoms with E-state index in [-0.39, 0.29) is 12.0 Å². The second kappa shape index (κ2) is 3.61. The van der Waals surface area contributed by atoms with E-state index in [2.05, 4.69) is 0 Å². The van der Waals surface area contributed by atoms with Crippen LogP contribution in [0.3, 0.4) is 0 Å². The Labute approximate surface area is 75.9 Å². The zero-order valence-electron chi connectivity index (χ0n) is 7.54. The molecule has 0 saturated carbocycles. The molecular weight excluding hydrogens is 176 g/mol. The molecule has 1 unspecified atom stereocenters. The lowest BCUT2D eigenvalue weighted by Gasteiger charge is -2.38. The largest absolute Gasteiger partial charge is 0.479 e. The van der Waals surface area contributed by atoms with Gasteiger partial charge in [-0.15, -0.1) is 0 Å². The zero-order chi connectivity index (χ0) is 10.2. The lowest BCUT2D eigenvalue weighted by atomic mass is 9.89. The van der Waals surface area contributed by atoms with E-state index in [1.165, 1.54) is 0 Å². The maximum Gasteiger partial charge on any atom is 0.335 e. The molecule has 3 N–H and O–H groups in total. The van der Waals surface area contributed by atoms with Gasteiger partial charge in [0.05, 0.1) is 12.2 Å². The molecule has 5 heteroatoms. The van der Waals surface area contributed by atoms with E-state index in [1.807, 2.05) is 0 Å². The summed E-state index contributed by atoms with van der Waals surface area (Å²) in [6.07, 6.45) is -4.06. The molecule has 0 aliphatic carbocycles. The van der Waals surface area contributed by atoms with Crippen molar-refractivity contribution in [2.45, 2.75) is 38.3 Å². The van der Waals surface area contributed by atoms with Crippen LogP contribution in [-0.4, -0.2) is 45.7 Å². The molecular formula is C8H14O5. The first-order valence-electron chi connectivity index (χ1n) is 4.19. The molecule has 0 aromatic rings. The monoisotopic (exact) mass is 190 g/mol. The SMILES string of the molecule is CC1O[C@@H](C(=O)O)[C@H](O)[C@@H](O)[C@@H]1C. The summed E-state index contributed by atoms with van der Waals surface area (Å²) in [5.41, 5.74) is 0. The maximum absolute atomic E-state index is 10.6. The average molecular weight is 190 g/mol. The van der Waals surface area contributed by atoms with Crippen LogP contribution in [-0.2, 0) is 9.53 Å². The van der Waals surface area contributed by atoms with E-state index >= 15 is 0 Å². The lowest BCUT2D eigenvalue weighted by molar-refractivity contribution is -0.206. The Hall–Kier alpha value is -0.650. The minimum atomic E-state index is -1.34. The van der Waals surface area contributed by atoms with E-state index in [4.69, 9.17) is 9.84 Å². The summed E-state index contributed by atoms with van der Waals surface area (Å²) in [6, 6.07) is 0. The normalized spacial score (nSPS) is 46.0. The van der Waals surface area contributed by atoms with Gasteiger partial charge >= 0.3 is 5.97 Å². The number of carboxylic acids is 1. The summed E-state index contributed by atoms with van der Waals surface area (Å²) >= 11 is 0. The van der Waals surface area contributed by atoms with E-state index in [9.17, 15) is 15.0 Å². The second-order valence-electron chi connectivity index (χ2n) is 3.44. The number of ether oxygens (including phenoxy) is 1. The second-order valence-corrected chi connectivity index (χ2v) is 3.44. The topological polar surface area (TPSA) is 87.0 Å². The number of aliphatic hydroxyl groups excluding tert-OH is 2. The zero-order valence-corrected chi connectivity index (χ0v) is 7.54. The van der Waals surface area contributed by atoms with Gasteiger partial charge in [-0.05, 0) is 6.92 Å². The molecule has 1 aliphatic rings. The van der Waals surface area contributed by atoms with Crippen LogP contribution in [0.5, 0.6) is 0 Å². The van der Waals surface area contributed by atoms with Crippen molar-refractivity contribution < 1.29 is 24.9 Å². The van der Waals surface area contributed by atoms with Crippen LogP contribution in [0, 0.1) is 5.92 Å². The number of hydrogen-bond donors (Lipinski definition) is 3. The highest BCUT2D eigenvalue weighted by Crippen LogP contribution is 2.25. The molecule has 5 atom stereocenters. The fourth-order valence-corrected chi connectivity index (χ4v) is 1.41. The molecule has 0 bridgehead atoms. The fraction of sp³-hybridized carbons (Fsp3) is 0.875. The van der Waals surface area contributed by atoms with Gasteiger partial charge in [0.25, 0.3) is 0 Å². The standard InChI is InChI=1S/C8H14O5/c1-3-4(2)13-7(8(11)12)6(10)5(3)9/h3-7,9-10H,1-2H3,(H,11,12)/t3-,4?,5+,6-,7-/m1/s1. The van der Waals surface area contributed by atoms with E-state index in [0.717, 1.165) is 0 Å². The number of aliphatic carboxylic acids is 1. The first-order chi connectivity index (χ1) is 5.95. The minimum absolute atomic E-state index is 0.259. The molecule has 1 saturated heterocycles. The highest BCUT2D eigenvalue weighted by atomic mass is 16.5. The number of carbonyl (C=O) groups is 1. The van der Waals surface area contributed by atoms with Crippen LogP contribution >= 0.6 is 0 Å². The van der Waals surface area contributed by atoms with Gasteiger partial charge in [0.1, 0.15) is 6.10 Å². The third-order valence-electron chi connectivity index (χ3n) is 2.54. The summed E-state index contributed by atoms with van der Waals surface area (Å²) in [5.74, 6) is -1.50. The summed E-state index contributed by atoms with van der Waals surface area (Å²) in [4.78, 5) is 10.6. The summed E-state index contributed by atoms with van der Waals surface area (Å²) < 4.78 is 5.03. The molecule has 0 amide bonds. The Balaban J connectivity index is 2.76. The Morgan fingerprint density at radius 3 is 2.23 bits per heavy atom. The van der Waals surface area contributed by atoms with Crippen molar-refractivity contribution in [2.75, 3.05) is 0 Å². The Morgan fingerprint density at radius 1 is 1.23 bits per heavy atom. The van der Waals surface area contributed by atoms with Crippen molar-refractivity contribution in [1.82, 2.24) is 0 Å². The molecule has 1 fully saturated rings. The summed E-state index contributed by atoms with van der Waals surface area (Å²) in [5, 5.41) is 27.4. The van der Waals surface area contributed by atoms with Crippen molar-refractivity contribution in [3.05, 3.63) is 0 Å². The van der Waals surface area contributed by atoms with Crippen molar-refractivity contribution in [3.63, 3.8) is 0 Å². The quantitative estimate of drug-likeness (QED) is 0.504. The Bertz CT molecular complexity index is 205. The molecule has 1 heterocycles. The smallest absolute Gasteiger partial charge is 0.335 e. The van der Waals surface area contributed by atoms with E-state index in [1.54, 1.807) is 13.8 Å². The maximum atomic E-state index is 10.6. The molecule has 76 valence electrons. The molecule has 0 aromatic heterocycles. The highest BCUT2D eigenvalue weighted by Gasteiger charge is 2.43. The Kier molecular flexibility index (Phi) is 2.90. The predicted molar refractivity (Wildman–Crippen MR) is 43.1 cm³/mol. The van der Waals surface area contributed by atoms with Gasteiger partial charge < -0.3 is 20.1 Å². The number of aliphatic hydroxyl groups is 2. The van der Waals surface area contributed by atoms with Crippen LogP contribution in [0.1, 0.15) is 13.8 Å². The van der Waals surface area contributed by atoms with Crippen LogP contribution < -0.4 is 0 Å². The molecule has 0 aromatic carbocycles. The van der Waals surface area contributed by atoms with Crippen LogP contribution in [0.2, 0.25) is 0 Å². The lowest BCUT2D eigenvalue weighted by Crippen LogP contribution is -2.55.